The molecule has 3 unspecified atom stereocenters. The van der Waals surface area contributed by atoms with Crippen LogP contribution < -0.4 is 4.90 Å². The molecule has 2 aliphatic heterocycles. The van der Waals surface area contributed by atoms with Gasteiger partial charge >= 0.3 is 0 Å². The molecule has 0 aliphatic carbocycles. The van der Waals surface area contributed by atoms with Crippen molar-refractivity contribution in [2.75, 3.05) is 31.1 Å². The summed E-state index contributed by atoms with van der Waals surface area (Å²) in [4.78, 5) is 12.4. The predicted molar refractivity (Wildman–Crippen MR) is 72.9 cm³/mol. The number of nitrogens with zero attached hydrogens (tertiary/aromatic N) is 3. The van der Waals surface area contributed by atoms with E-state index in [1.165, 1.54) is 12.1 Å². The Kier molecular flexibility index (Phi) is 7.70. The molecule has 9 heteroatoms. The Balaban J connectivity index is 0.00000110. The van der Waals surface area contributed by atoms with Gasteiger partial charge in [0.1, 0.15) is 0 Å². The minimum absolute atomic E-state index is 0. The monoisotopic (exact) mass is 568 g/mol. The molecule has 0 spiro atoms. The van der Waals surface area contributed by atoms with E-state index in [1.807, 2.05) is 0 Å². The third-order valence-electron chi connectivity index (χ3n) is 3.54. The molecule has 1 radical (unpaired) electrons. The number of nitro benzene ring substituents is 1. The quantitative estimate of drug-likeness (QED) is 0.230. The molecule has 0 bridgehead atoms. The molecule has 2 fully saturated rings. The number of rotatable bonds is 2. The molecule has 0 aromatic heterocycles. The first kappa shape index (κ1) is 19.5. The molecule has 111 valence electrons. The Morgan fingerprint density at radius 3 is 2.67 bits per heavy atom. The van der Waals surface area contributed by atoms with Crippen LogP contribution in [0, 0.1) is 53.4 Å². The van der Waals surface area contributed by atoms with Gasteiger partial charge in [0.05, 0.1) is 18.8 Å². The largest absolute Gasteiger partial charge is 0.408 e. The first-order chi connectivity index (χ1) is 9.15. The third-order valence-corrected chi connectivity index (χ3v) is 3.96. The van der Waals surface area contributed by atoms with E-state index in [2.05, 4.69) is 31.1 Å². The number of hydrogen-bond acceptors (Lipinski definition) is 5. The minimum atomic E-state index is -0.432. The number of hydrogen-bond donors (Lipinski definition) is 0. The number of morpholine rings is 1. The van der Waals surface area contributed by atoms with Gasteiger partial charge in [-0.25, -0.2) is 17.8 Å². The smallest absolute Gasteiger partial charge is 0.0919 e. The maximum absolute atomic E-state index is 10.6. The van der Waals surface area contributed by atoms with Gasteiger partial charge in [0.25, 0.3) is 0 Å². The van der Waals surface area contributed by atoms with Gasteiger partial charge in [0.2, 0.25) is 0 Å². The second-order valence-corrected chi connectivity index (χ2v) is 5.46. The summed E-state index contributed by atoms with van der Waals surface area (Å²) >= 11 is 0. The fourth-order valence-corrected chi connectivity index (χ4v) is 3.06. The van der Waals surface area contributed by atoms with Crippen LogP contribution in [-0.4, -0.2) is 48.0 Å². The van der Waals surface area contributed by atoms with E-state index in [-0.39, 0.29) is 67.5 Å². The fraction of sp³-hybridized carbons (Fsp3) is 0.500. The van der Waals surface area contributed by atoms with Crippen LogP contribution in [0.3, 0.4) is 0 Å². The van der Waals surface area contributed by atoms with Crippen molar-refractivity contribution in [2.45, 2.75) is 12.1 Å². The fourth-order valence-electron chi connectivity index (χ4n) is 2.63. The predicted octanol–water partition coefficient (Wildman–Crippen LogP) is 0.872. The molecule has 6 nitrogen and oxygen atoms in total. The Morgan fingerprint density at radius 2 is 2.05 bits per heavy atom. The zero-order valence-corrected chi connectivity index (χ0v) is 17.9. The van der Waals surface area contributed by atoms with Gasteiger partial charge in [0, 0.05) is 75.0 Å². The van der Waals surface area contributed by atoms with E-state index in [9.17, 15) is 10.1 Å². The van der Waals surface area contributed by atoms with Gasteiger partial charge in [-0.3, -0.25) is 14.8 Å². The SMILES string of the molecule is O=[N+]([O-])c1c[c-]c(N2CCOC3CN(P)CC32)[c-]c1.[U].[V]. The molecule has 1 aromatic rings. The van der Waals surface area contributed by atoms with Crippen molar-refractivity contribution in [3.05, 3.63) is 34.4 Å². The Labute approximate surface area is 161 Å². The maximum atomic E-state index is 10.6. The molecule has 2 aliphatic rings. The molecule has 3 atom stereocenters. The second kappa shape index (κ2) is 8.31. The summed E-state index contributed by atoms with van der Waals surface area (Å²) in [6.45, 7) is 3.22. The number of anilines is 1. The van der Waals surface area contributed by atoms with Crippen LogP contribution in [0.25, 0.3) is 0 Å². The van der Waals surface area contributed by atoms with E-state index in [0.717, 1.165) is 25.3 Å². The Bertz CT molecular complexity index is 493. The van der Waals surface area contributed by atoms with Gasteiger partial charge in [0.15, 0.2) is 0 Å². The van der Waals surface area contributed by atoms with Crippen LogP contribution in [0.5, 0.6) is 0 Å². The van der Waals surface area contributed by atoms with Gasteiger partial charge in [-0.05, 0) is 0 Å². The summed E-state index contributed by atoms with van der Waals surface area (Å²) in [5.74, 6) is 0. The van der Waals surface area contributed by atoms with E-state index >= 15 is 0 Å². The normalized spacial score (nSPS) is 24.7. The first-order valence-electron chi connectivity index (χ1n) is 6.11. The standard InChI is InChI=1S/C12H14N3O3P.U.V/c16-15(17)10-3-1-9(2-4-10)14-5-6-18-12-8-13(19)7-11(12)14;;/h3-4,11-12H,5-8,19H2;;/q-2;;. The number of benzene rings is 1. The molecule has 0 amide bonds. The molecular weight excluding hydrogens is 554 g/mol. The van der Waals surface area contributed by atoms with E-state index in [0.29, 0.717) is 6.61 Å². The molecule has 2 heterocycles. The summed E-state index contributed by atoms with van der Waals surface area (Å²) in [5, 5.41) is 10.6. The van der Waals surface area contributed by atoms with Crippen molar-refractivity contribution in [3.8, 4) is 0 Å². The zero-order valence-electron chi connectivity index (χ0n) is 11.2. The van der Waals surface area contributed by atoms with E-state index in [1.54, 1.807) is 0 Å². The molecule has 1 aromatic carbocycles. The van der Waals surface area contributed by atoms with Crippen molar-refractivity contribution >= 4 is 20.8 Å². The molecule has 21 heavy (non-hydrogen) atoms. The summed E-state index contributed by atoms with van der Waals surface area (Å²) < 4.78 is 7.91. The molecule has 2 saturated heterocycles. The van der Waals surface area contributed by atoms with Crippen LogP contribution in [0.2, 0.25) is 0 Å². The van der Waals surface area contributed by atoms with Crippen LogP contribution in [0.4, 0.5) is 11.4 Å². The van der Waals surface area contributed by atoms with Gasteiger partial charge in [-0.15, -0.1) is 0 Å². The van der Waals surface area contributed by atoms with Gasteiger partial charge in [-0.2, -0.15) is 0 Å². The van der Waals surface area contributed by atoms with Crippen molar-refractivity contribution in [1.29, 1.82) is 0 Å². The third kappa shape index (κ3) is 4.23. The summed E-state index contributed by atoms with van der Waals surface area (Å²) in [7, 11) is 2.70. The first-order valence-corrected chi connectivity index (χ1v) is 6.62. The average molecular weight is 568 g/mol. The van der Waals surface area contributed by atoms with E-state index < -0.39 is 4.92 Å². The molecule has 0 N–H and O–H groups in total. The summed E-state index contributed by atoms with van der Waals surface area (Å²) in [6, 6.07) is 9.00. The van der Waals surface area contributed by atoms with Gasteiger partial charge in [-0.1, -0.05) is 14.3 Å². The minimum Gasteiger partial charge on any atom is -0.408 e. The number of nitro groups is 1. The van der Waals surface area contributed by atoms with Gasteiger partial charge < -0.3 is 21.8 Å². The van der Waals surface area contributed by atoms with Crippen LogP contribution in [0.15, 0.2) is 12.1 Å². The Hall–Kier alpha value is 0.406. The van der Waals surface area contributed by atoms with Crippen LogP contribution >= 0.6 is 9.39 Å². The maximum Gasteiger partial charge on any atom is 0.0919 e. The van der Waals surface area contributed by atoms with Crippen molar-refractivity contribution < 1.29 is 59.3 Å². The molecular formula is C12H14N3O3PUV-2. The van der Waals surface area contributed by atoms with Crippen LogP contribution in [-0.2, 0) is 23.3 Å². The Morgan fingerprint density at radius 1 is 1.38 bits per heavy atom. The summed E-state index contributed by atoms with van der Waals surface area (Å²) in [5.41, 5.74) is 0.803. The number of ether oxygens (including phenoxy) is 1. The topological polar surface area (TPSA) is 58.9 Å². The number of fused-ring (bicyclic) bond motifs is 1. The van der Waals surface area contributed by atoms with Crippen molar-refractivity contribution in [3.63, 3.8) is 0 Å². The second-order valence-electron chi connectivity index (χ2n) is 4.73. The van der Waals surface area contributed by atoms with E-state index in [4.69, 9.17) is 4.74 Å². The average Bonchev–Trinajstić information content (AvgIpc) is 2.78. The van der Waals surface area contributed by atoms with Crippen LogP contribution in [0.1, 0.15) is 0 Å². The van der Waals surface area contributed by atoms with Crippen molar-refractivity contribution in [1.82, 2.24) is 4.67 Å². The summed E-state index contributed by atoms with van der Waals surface area (Å²) in [6.07, 6.45) is 0.184. The number of non-ortho nitro benzene ring substituents is 1. The molecule has 3 rings (SSSR count). The van der Waals surface area contributed by atoms with Crippen molar-refractivity contribution in [2.24, 2.45) is 0 Å². The molecule has 0 saturated carbocycles. The zero-order chi connectivity index (χ0) is 13.4.